The third-order valence-corrected chi connectivity index (χ3v) is 2.88. The first-order valence-corrected chi connectivity index (χ1v) is 6.33. The van der Waals surface area contributed by atoms with Crippen LogP contribution in [0.4, 0.5) is 0 Å². The Bertz CT molecular complexity index is 236. The van der Waals surface area contributed by atoms with Crippen LogP contribution in [0.15, 0.2) is 0 Å². The standard InChI is InChI=1S/C12H23N3O2/c1-2-4-14(5-3-13)10-12(16)11-15-6-8-17-9-7-15/h12,16H,2,4-11H2,1H3. The Kier molecular flexibility index (Phi) is 7.13. The van der Waals surface area contributed by atoms with E-state index in [0.717, 1.165) is 39.3 Å². The molecule has 0 radical (unpaired) electrons. The zero-order chi connectivity index (χ0) is 12.5. The largest absolute Gasteiger partial charge is 0.390 e. The van der Waals surface area contributed by atoms with Crippen molar-refractivity contribution in [1.29, 1.82) is 5.26 Å². The van der Waals surface area contributed by atoms with Crippen LogP contribution in [0.5, 0.6) is 0 Å². The van der Waals surface area contributed by atoms with Gasteiger partial charge in [0.25, 0.3) is 0 Å². The predicted molar refractivity (Wildman–Crippen MR) is 65.6 cm³/mol. The minimum absolute atomic E-state index is 0.381. The average molecular weight is 241 g/mol. The van der Waals surface area contributed by atoms with Gasteiger partial charge in [0.1, 0.15) is 0 Å². The van der Waals surface area contributed by atoms with Gasteiger partial charge in [0, 0.05) is 26.2 Å². The van der Waals surface area contributed by atoms with Crippen molar-refractivity contribution < 1.29 is 9.84 Å². The minimum Gasteiger partial charge on any atom is -0.390 e. The van der Waals surface area contributed by atoms with E-state index in [2.05, 4.69) is 17.9 Å². The van der Waals surface area contributed by atoms with Crippen LogP contribution >= 0.6 is 0 Å². The summed E-state index contributed by atoms with van der Waals surface area (Å²) in [5.74, 6) is 0. The van der Waals surface area contributed by atoms with Gasteiger partial charge < -0.3 is 9.84 Å². The first-order chi connectivity index (χ1) is 8.26. The van der Waals surface area contributed by atoms with Gasteiger partial charge in [-0.3, -0.25) is 9.80 Å². The smallest absolute Gasteiger partial charge is 0.0866 e. The molecule has 1 aliphatic rings. The van der Waals surface area contributed by atoms with E-state index in [9.17, 15) is 5.11 Å². The summed E-state index contributed by atoms with van der Waals surface area (Å²) in [7, 11) is 0. The highest BCUT2D eigenvalue weighted by Crippen LogP contribution is 2.01. The summed E-state index contributed by atoms with van der Waals surface area (Å²) in [6.07, 6.45) is 0.624. The second-order valence-electron chi connectivity index (χ2n) is 4.46. The lowest BCUT2D eigenvalue weighted by atomic mass is 10.2. The summed E-state index contributed by atoms with van der Waals surface area (Å²) in [5.41, 5.74) is 0. The molecule has 5 heteroatoms. The molecule has 1 atom stereocenters. The van der Waals surface area contributed by atoms with Gasteiger partial charge in [0.05, 0.1) is 31.9 Å². The fourth-order valence-electron chi connectivity index (χ4n) is 2.09. The molecule has 5 nitrogen and oxygen atoms in total. The molecule has 0 bridgehead atoms. The molecule has 1 rings (SSSR count). The van der Waals surface area contributed by atoms with E-state index >= 15 is 0 Å². The Morgan fingerprint density at radius 1 is 1.47 bits per heavy atom. The third kappa shape index (κ3) is 5.99. The van der Waals surface area contributed by atoms with Gasteiger partial charge in [0.2, 0.25) is 0 Å². The Balaban J connectivity index is 2.25. The number of β-amino-alcohol motifs (C(OH)–C–C–N with tert-alkyl or cyclic N) is 1. The summed E-state index contributed by atoms with van der Waals surface area (Å²) in [6, 6.07) is 2.14. The van der Waals surface area contributed by atoms with Crippen LogP contribution < -0.4 is 0 Å². The fourth-order valence-corrected chi connectivity index (χ4v) is 2.09. The number of ether oxygens (including phenoxy) is 1. The number of hydrogen-bond acceptors (Lipinski definition) is 5. The zero-order valence-corrected chi connectivity index (χ0v) is 10.6. The number of hydrogen-bond donors (Lipinski definition) is 1. The van der Waals surface area contributed by atoms with Gasteiger partial charge in [-0.25, -0.2) is 0 Å². The first-order valence-electron chi connectivity index (χ1n) is 6.33. The van der Waals surface area contributed by atoms with Crippen molar-refractivity contribution in [3.63, 3.8) is 0 Å². The Hall–Kier alpha value is -0.670. The number of rotatable bonds is 7. The lowest BCUT2D eigenvalue weighted by molar-refractivity contribution is 0.00786. The van der Waals surface area contributed by atoms with Crippen LogP contribution in [0.3, 0.4) is 0 Å². The van der Waals surface area contributed by atoms with Crippen molar-refractivity contribution in [1.82, 2.24) is 9.80 Å². The molecule has 0 aromatic carbocycles. The van der Waals surface area contributed by atoms with E-state index in [1.165, 1.54) is 0 Å². The first kappa shape index (κ1) is 14.4. The molecule has 1 heterocycles. The summed E-state index contributed by atoms with van der Waals surface area (Å²) in [5, 5.41) is 18.7. The molecule has 0 aromatic rings. The Labute approximate surface area is 104 Å². The van der Waals surface area contributed by atoms with Crippen molar-refractivity contribution >= 4 is 0 Å². The maximum atomic E-state index is 9.99. The van der Waals surface area contributed by atoms with Crippen molar-refractivity contribution in [2.75, 3.05) is 52.5 Å². The molecule has 0 aliphatic carbocycles. The molecular weight excluding hydrogens is 218 g/mol. The van der Waals surface area contributed by atoms with Gasteiger partial charge >= 0.3 is 0 Å². The predicted octanol–water partition coefficient (Wildman–Crippen LogP) is -0.0849. The van der Waals surface area contributed by atoms with Crippen LogP contribution in [0, 0.1) is 11.3 Å². The molecule has 0 spiro atoms. The van der Waals surface area contributed by atoms with E-state index in [0.29, 0.717) is 19.6 Å². The Morgan fingerprint density at radius 2 is 2.18 bits per heavy atom. The molecule has 98 valence electrons. The SMILES string of the molecule is CCCN(CC#N)CC(O)CN1CCOCC1. The van der Waals surface area contributed by atoms with Crippen LogP contribution in [0.2, 0.25) is 0 Å². The molecule has 1 fully saturated rings. The number of aliphatic hydroxyl groups excluding tert-OH is 1. The number of morpholine rings is 1. The highest BCUT2D eigenvalue weighted by atomic mass is 16.5. The van der Waals surface area contributed by atoms with E-state index in [4.69, 9.17) is 10.00 Å². The maximum Gasteiger partial charge on any atom is 0.0866 e. The quantitative estimate of drug-likeness (QED) is 0.632. The topological polar surface area (TPSA) is 59.7 Å². The summed E-state index contributed by atoms with van der Waals surface area (Å²) in [4.78, 5) is 4.22. The van der Waals surface area contributed by atoms with Crippen molar-refractivity contribution in [2.45, 2.75) is 19.4 Å². The normalized spacial score (nSPS) is 19.2. The number of aliphatic hydroxyl groups is 1. The van der Waals surface area contributed by atoms with Crippen molar-refractivity contribution in [2.24, 2.45) is 0 Å². The van der Waals surface area contributed by atoms with Gasteiger partial charge in [-0.2, -0.15) is 5.26 Å². The number of nitrogens with zero attached hydrogens (tertiary/aromatic N) is 3. The summed E-state index contributed by atoms with van der Waals surface area (Å²) < 4.78 is 5.26. The lowest BCUT2D eigenvalue weighted by Gasteiger charge is -2.30. The lowest BCUT2D eigenvalue weighted by Crippen LogP contribution is -2.44. The molecular formula is C12H23N3O2. The van der Waals surface area contributed by atoms with Crippen molar-refractivity contribution in [3.05, 3.63) is 0 Å². The second kappa shape index (κ2) is 8.43. The molecule has 1 N–H and O–H groups in total. The van der Waals surface area contributed by atoms with Crippen LogP contribution in [-0.2, 0) is 4.74 Å². The monoisotopic (exact) mass is 241 g/mol. The average Bonchev–Trinajstić information content (AvgIpc) is 2.30. The van der Waals surface area contributed by atoms with E-state index in [1.807, 2.05) is 4.90 Å². The molecule has 17 heavy (non-hydrogen) atoms. The van der Waals surface area contributed by atoms with Gasteiger partial charge in [-0.1, -0.05) is 6.92 Å². The Morgan fingerprint density at radius 3 is 2.76 bits per heavy atom. The van der Waals surface area contributed by atoms with Gasteiger partial charge in [0.15, 0.2) is 0 Å². The summed E-state index contributed by atoms with van der Waals surface area (Å²) in [6.45, 7) is 7.90. The molecule has 1 saturated heterocycles. The molecule has 1 unspecified atom stereocenters. The third-order valence-electron chi connectivity index (χ3n) is 2.88. The van der Waals surface area contributed by atoms with Crippen LogP contribution in [0.25, 0.3) is 0 Å². The molecule has 0 saturated carbocycles. The minimum atomic E-state index is -0.381. The van der Waals surface area contributed by atoms with Gasteiger partial charge in [-0.05, 0) is 13.0 Å². The molecule has 0 aromatic heterocycles. The maximum absolute atomic E-state index is 9.99. The van der Waals surface area contributed by atoms with Crippen molar-refractivity contribution in [3.8, 4) is 6.07 Å². The summed E-state index contributed by atoms with van der Waals surface area (Å²) >= 11 is 0. The van der Waals surface area contributed by atoms with Gasteiger partial charge in [-0.15, -0.1) is 0 Å². The highest BCUT2D eigenvalue weighted by Gasteiger charge is 2.16. The van der Waals surface area contributed by atoms with E-state index < -0.39 is 0 Å². The van der Waals surface area contributed by atoms with Crippen LogP contribution in [0.1, 0.15) is 13.3 Å². The van der Waals surface area contributed by atoms with Crippen LogP contribution in [-0.4, -0.2) is 73.5 Å². The zero-order valence-electron chi connectivity index (χ0n) is 10.6. The fraction of sp³-hybridized carbons (Fsp3) is 0.917. The number of nitriles is 1. The van der Waals surface area contributed by atoms with E-state index in [-0.39, 0.29) is 6.10 Å². The molecule has 1 aliphatic heterocycles. The highest BCUT2D eigenvalue weighted by molar-refractivity contribution is 4.79. The van der Waals surface area contributed by atoms with E-state index in [1.54, 1.807) is 0 Å². The molecule has 0 amide bonds. The second-order valence-corrected chi connectivity index (χ2v) is 4.46.